The Labute approximate surface area is 345 Å². The van der Waals surface area contributed by atoms with E-state index in [0.29, 0.717) is 10.8 Å². The fourth-order valence-electron chi connectivity index (χ4n) is 8.69. The van der Waals surface area contributed by atoms with Gasteiger partial charge in [0.2, 0.25) is 0 Å². The molecule has 2 aliphatic carbocycles. The van der Waals surface area contributed by atoms with E-state index < -0.39 is 0 Å². The molecule has 0 atom stereocenters. The van der Waals surface area contributed by atoms with Gasteiger partial charge in [0.1, 0.15) is 0 Å². The van der Waals surface area contributed by atoms with Crippen LogP contribution in [0, 0.1) is 25.7 Å². The van der Waals surface area contributed by atoms with Gasteiger partial charge in [0.05, 0.1) is 0 Å². The van der Waals surface area contributed by atoms with E-state index in [0.717, 1.165) is 0 Å². The molecular formula is C48H58Cl2SiZr-4. The van der Waals surface area contributed by atoms with Crippen molar-refractivity contribution in [3.8, 4) is 22.3 Å². The molecule has 6 aromatic carbocycles. The van der Waals surface area contributed by atoms with Crippen LogP contribution in [0.25, 0.3) is 43.8 Å². The Morgan fingerprint density at radius 2 is 0.846 bits per heavy atom. The first kappa shape index (κ1) is 45.9. The molecule has 0 unspecified atom stereocenters. The number of hydrogen-bond acceptors (Lipinski definition) is 0. The van der Waals surface area contributed by atoms with Crippen LogP contribution in [0.1, 0.15) is 89.2 Å². The molecule has 2 radical (unpaired) electrons. The van der Waals surface area contributed by atoms with Crippen molar-refractivity contribution >= 4 is 53.2 Å². The Morgan fingerprint density at radius 3 is 1.19 bits per heavy atom. The SMILES string of the molecule is CC1(Cc2cc3c(-c4ccccc4)cccc3[cH-]2)CCCCC1.CC1(Cc2cc3c(-c4ccccc4)cccc3[cH-]2)CCCCC1.Cl.Cl.[CH3-].[CH3-].[Si]=[Zr]. The van der Waals surface area contributed by atoms with Crippen LogP contribution in [0.15, 0.2) is 121 Å². The van der Waals surface area contributed by atoms with Gasteiger partial charge in [-0.05, 0) is 60.5 Å². The summed E-state index contributed by atoms with van der Waals surface area (Å²) in [5.74, 6) is 0. The summed E-state index contributed by atoms with van der Waals surface area (Å²) in [4.78, 5) is 0. The molecule has 0 aromatic heterocycles. The average Bonchev–Trinajstić information content (AvgIpc) is 3.73. The molecule has 2 aliphatic rings. The normalized spacial score (nSPS) is 15.5. The Kier molecular flexibility index (Phi) is 19.1. The van der Waals surface area contributed by atoms with Gasteiger partial charge >= 0.3 is 30.2 Å². The fraction of sp³-hybridized carbons (Fsp3) is 0.333. The number of benzene rings is 4. The van der Waals surface area contributed by atoms with Crippen molar-refractivity contribution in [1.82, 2.24) is 0 Å². The van der Waals surface area contributed by atoms with E-state index in [1.165, 1.54) is 155 Å². The molecule has 0 amide bonds. The summed E-state index contributed by atoms with van der Waals surface area (Å²) in [5, 5.41) is 5.60. The van der Waals surface area contributed by atoms with Gasteiger partial charge in [-0.25, -0.2) is 0 Å². The molecule has 52 heavy (non-hydrogen) atoms. The molecule has 0 saturated heterocycles. The summed E-state index contributed by atoms with van der Waals surface area (Å²) >= 11 is 1.36. The maximum atomic E-state index is 3.06. The van der Waals surface area contributed by atoms with Crippen molar-refractivity contribution < 1.29 is 23.3 Å². The van der Waals surface area contributed by atoms with Crippen molar-refractivity contribution in [1.29, 1.82) is 0 Å². The molecule has 0 bridgehead atoms. The Bertz CT molecular complexity index is 1750. The minimum absolute atomic E-state index is 0. The molecule has 0 heterocycles. The van der Waals surface area contributed by atoms with Gasteiger partial charge in [-0.3, -0.25) is 0 Å². The quantitative estimate of drug-likeness (QED) is 0.116. The van der Waals surface area contributed by atoms with Crippen molar-refractivity contribution in [2.24, 2.45) is 10.8 Å². The van der Waals surface area contributed by atoms with E-state index in [9.17, 15) is 0 Å². The molecular weight excluding hydrogens is 767 g/mol. The zero-order chi connectivity index (χ0) is 33.4. The number of fused-ring (bicyclic) bond motifs is 2. The molecule has 0 aliphatic heterocycles. The standard InChI is InChI=1S/2C23H25.2CH3.2ClH.Si.Zr/c2*1-23(13-6-3-7-14-23)17-18-15-20-11-8-12-21(22(20)16-18)19-9-4-2-5-10-19;;;;;;/h2*2,4-5,8-12,15-16H,3,6-7,13-14,17H2,1H3;2*1H3;2*1H;;/q4*-1;;;;. The van der Waals surface area contributed by atoms with Crippen LogP contribution in [-0.4, -0.2) is 6.88 Å². The maximum absolute atomic E-state index is 3.06. The minimum atomic E-state index is 0. The molecule has 0 spiro atoms. The Hall–Kier alpha value is -2.22. The summed E-state index contributed by atoms with van der Waals surface area (Å²) in [5.41, 5.74) is 9.43. The molecule has 2 fully saturated rings. The third-order valence-electron chi connectivity index (χ3n) is 11.2. The second-order valence-electron chi connectivity index (χ2n) is 15.2. The molecule has 276 valence electrons. The fourth-order valence-corrected chi connectivity index (χ4v) is 8.69. The van der Waals surface area contributed by atoms with E-state index in [1.54, 1.807) is 0 Å². The topological polar surface area (TPSA) is 0 Å². The average molecular weight is 825 g/mol. The third kappa shape index (κ3) is 11.4. The first-order chi connectivity index (χ1) is 23.5. The van der Waals surface area contributed by atoms with Crippen LogP contribution in [-0.2, 0) is 36.2 Å². The summed E-state index contributed by atoms with van der Waals surface area (Å²) in [7, 11) is 0. The van der Waals surface area contributed by atoms with Crippen LogP contribution >= 0.6 is 24.8 Å². The van der Waals surface area contributed by atoms with Crippen molar-refractivity contribution in [2.75, 3.05) is 0 Å². The predicted molar refractivity (Wildman–Crippen MR) is 233 cm³/mol. The predicted octanol–water partition coefficient (Wildman–Crippen LogP) is 14.8. The Morgan fingerprint density at radius 1 is 0.500 bits per heavy atom. The molecule has 0 N–H and O–H groups in total. The van der Waals surface area contributed by atoms with E-state index in [2.05, 4.69) is 142 Å². The van der Waals surface area contributed by atoms with Crippen LogP contribution in [0.2, 0.25) is 0 Å². The van der Waals surface area contributed by atoms with Crippen molar-refractivity contribution in [3.05, 3.63) is 147 Å². The van der Waals surface area contributed by atoms with E-state index in [-0.39, 0.29) is 39.7 Å². The monoisotopic (exact) mass is 822 g/mol. The van der Waals surface area contributed by atoms with Gasteiger partial charge < -0.3 is 14.9 Å². The second kappa shape index (κ2) is 21.6. The van der Waals surface area contributed by atoms with Gasteiger partial charge in [-0.2, -0.15) is 12.1 Å². The van der Waals surface area contributed by atoms with Crippen molar-refractivity contribution in [2.45, 2.75) is 90.9 Å². The summed E-state index contributed by atoms with van der Waals surface area (Å²) in [6, 6.07) is 44.7. The van der Waals surface area contributed by atoms with Crippen LogP contribution in [0.4, 0.5) is 0 Å². The molecule has 2 saturated carbocycles. The van der Waals surface area contributed by atoms with Gasteiger partial charge in [-0.1, -0.05) is 136 Å². The number of hydrogen-bond donors (Lipinski definition) is 0. The zero-order valence-electron chi connectivity index (χ0n) is 31.8. The molecule has 0 nitrogen and oxygen atoms in total. The second-order valence-corrected chi connectivity index (χ2v) is 15.2. The van der Waals surface area contributed by atoms with Gasteiger partial charge in [0.25, 0.3) is 0 Å². The van der Waals surface area contributed by atoms with E-state index in [1.807, 2.05) is 0 Å². The van der Waals surface area contributed by atoms with Crippen LogP contribution in [0.5, 0.6) is 0 Å². The molecule has 6 aromatic rings. The van der Waals surface area contributed by atoms with Gasteiger partial charge in [0.15, 0.2) is 0 Å². The van der Waals surface area contributed by atoms with E-state index >= 15 is 0 Å². The first-order valence-corrected chi connectivity index (χ1v) is 22.4. The molecule has 4 heteroatoms. The van der Waals surface area contributed by atoms with Crippen LogP contribution in [0.3, 0.4) is 0 Å². The number of rotatable bonds is 6. The number of halogens is 2. The van der Waals surface area contributed by atoms with Crippen molar-refractivity contribution in [3.63, 3.8) is 0 Å². The molecule has 8 rings (SSSR count). The summed E-state index contributed by atoms with van der Waals surface area (Å²) in [6.45, 7) is 8.04. The first-order valence-electron chi connectivity index (χ1n) is 18.2. The van der Waals surface area contributed by atoms with Crippen LogP contribution < -0.4 is 0 Å². The van der Waals surface area contributed by atoms with Gasteiger partial charge in [-0.15, -0.1) is 93.9 Å². The summed E-state index contributed by atoms with van der Waals surface area (Å²) < 4.78 is 0. The van der Waals surface area contributed by atoms with E-state index in [4.69, 9.17) is 0 Å². The van der Waals surface area contributed by atoms with Gasteiger partial charge in [0, 0.05) is 0 Å². The summed E-state index contributed by atoms with van der Waals surface area (Å²) in [6.07, 6.45) is 16.5. The Balaban J connectivity index is 0.000000320. The zero-order valence-corrected chi connectivity index (χ0v) is 36.9. The third-order valence-corrected chi connectivity index (χ3v) is 11.2.